The number of hydrogen-bond acceptors (Lipinski definition) is 6. The average molecular weight is 371 g/mol. The Morgan fingerprint density at radius 3 is 2.80 bits per heavy atom. The van der Waals surface area contributed by atoms with E-state index in [1.54, 1.807) is 6.92 Å². The Morgan fingerprint density at radius 1 is 1.36 bits per heavy atom. The van der Waals surface area contributed by atoms with E-state index in [0.717, 1.165) is 11.0 Å². The molecule has 0 spiro atoms. The molecule has 0 aliphatic rings. The predicted molar refractivity (Wildman–Crippen MR) is 85.8 cm³/mol. The normalized spacial score (nSPS) is 10.4. The minimum atomic E-state index is -0.517. The van der Waals surface area contributed by atoms with Crippen molar-refractivity contribution in [2.24, 2.45) is 0 Å². The lowest BCUT2D eigenvalue weighted by Crippen LogP contribution is -2.33. The predicted octanol–water partition coefficient (Wildman–Crippen LogP) is 2.68. The van der Waals surface area contributed by atoms with Crippen molar-refractivity contribution in [2.45, 2.75) is 13.5 Å². The second kappa shape index (κ2) is 8.48. The number of aromatic nitrogens is 1. The van der Waals surface area contributed by atoms with E-state index in [4.69, 9.17) is 25.6 Å². The minimum Gasteiger partial charge on any atom is -0.484 e. The van der Waals surface area contributed by atoms with Crippen molar-refractivity contribution < 1.29 is 28.0 Å². The van der Waals surface area contributed by atoms with Crippen LogP contribution in [0.4, 0.5) is 4.39 Å². The molecule has 0 radical (unpaired) electrons. The van der Waals surface area contributed by atoms with Gasteiger partial charge in [-0.05, 0) is 25.1 Å². The highest BCUT2D eigenvalue weighted by Gasteiger charge is 2.20. The third-order valence-electron chi connectivity index (χ3n) is 3.06. The summed E-state index contributed by atoms with van der Waals surface area (Å²) in [4.78, 5) is 24.7. The molecule has 0 fully saturated rings. The molecule has 0 bridgehead atoms. The lowest BCUT2D eigenvalue weighted by atomic mass is 10.3. The van der Waals surface area contributed by atoms with Gasteiger partial charge in [0.05, 0.1) is 11.6 Å². The van der Waals surface area contributed by atoms with Gasteiger partial charge in [-0.15, -0.1) is 0 Å². The van der Waals surface area contributed by atoms with Crippen molar-refractivity contribution in [1.29, 1.82) is 0 Å². The van der Waals surface area contributed by atoms with Crippen LogP contribution in [-0.4, -0.2) is 42.1 Å². The van der Waals surface area contributed by atoms with E-state index in [1.165, 1.54) is 25.2 Å². The Morgan fingerprint density at radius 2 is 2.12 bits per heavy atom. The number of ether oxygens (including phenoxy) is 2. The lowest BCUT2D eigenvalue weighted by Gasteiger charge is -2.13. The topological polar surface area (TPSA) is 81.9 Å². The zero-order valence-corrected chi connectivity index (χ0v) is 14.4. The smallest absolute Gasteiger partial charge is 0.325 e. The monoisotopic (exact) mass is 370 g/mol. The van der Waals surface area contributed by atoms with E-state index >= 15 is 0 Å². The SMILES string of the molecule is CCOC(=O)CN(C)C(=O)c1cc(COc2ccc(F)cc2Cl)on1. The number of esters is 1. The number of carbonyl (C=O) groups excluding carboxylic acids is 2. The third kappa shape index (κ3) is 5.18. The number of nitrogens with zero attached hydrogens (tertiary/aromatic N) is 2. The molecule has 1 heterocycles. The Labute approximate surface area is 148 Å². The maximum Gasteiger partial charge on any atom is 0.325 e. The number of carbonyl (C=O) groups is 2. The Hall–Kier alpha value is -2.61. The summed E-state index contributed by atoms with van der Waals surface area (Å²) in [6.07, 6.45) is 0. The molecule has 1 aromatic carbocycles. The van der Waals surface area contributed by atoms with Gasteiger partial charge >= 0.3 is 5.97 Å². The molecule has 7 nitrogen and oxygen atoms in total. The van der Waals surface area contributed by atoms with Crippen LogP contribution in [0.5, 0.6) is 5.75 Å². The van der Waals surface area contributed by atoms with Gasteiger partial charge in [0, 0.05) is 13.1 Å². The van der Waals surface area contributed by atoms with Crippen molar-refractivity contribution in [3.8, 4) is 5.75 Å². The standard InChI is InChI=1S/C16H16ClFN2O5/c1-3-23-15(21)8-20(2)16(22)13-7-11(25-19-13)9-24-14-5-4-10(18)6-12(14)17/h4-7H,3,8-9H2,1-2H3. The molecule has 1 amide bonds. The van der Waals surface area contributed by atoms with Gasteiger partial charge in [0.1, 0.15) is 24.7 Å². The van der Waals surface area contributed by atoms with Crippen molar-refractivity contribution in [1.82, 2.24) is 10.1 Å². The number of benzene rings is 1. The molecule has 0 aliphatic heterocycles. The Bertz CT molecular complexity index is 765. The molecule has 0 saturated carbocycles. The fraction of sp³-hybridized carbons (Fsp3) is 0.312. The van der Waals surface area contributed by atoms with Gasteiger partial charge in [-0.2, -0.15) is 0 Å². The molecule has 0 unspecified atom stereocenters. The zero-order valence-electron chi connectivity index (χ0n) is 13.6. The van der Waals surface area contributed by atoms with E-state index in [-0.39, 0.29) is 42.0 Å². The summed E-state index contributed by atoms with van der Waals surface area (Å²) in [5, 5.41) is 3.76. The van der Waals surface area contributed by atoms with Crippen LogP contribution in [0.15, 0.2) is 28.8 Å². The number of halogens is 2. The van der Waals surface area contributed by atoms with Crippen LogP contribution in [0.1, 0.15) is 23.2 Å². The third-order valence-corrected chi connectivity index (χ3v) is 3.36. The van der Waals surface area contributed by atoms with Crippen LogP contribution in [0.3, 0.4) is 0 Å². The van der Waals surface area contributed by atoms with Crippen LogP contribution in [-0.2, 0) is 16.1 Å². The summed E-state index contributed by atoms with van der Waals surface area (Å²) in [5.74, 6) is -0.950. The number of hydrogen-bond donors (Lipinski definition) is 0. The Balaban J connectivity index is 1.94. The maximum absolute atomic E-state index is 13.0. The van der Waals surface area contributed by atoms with Crippen molar-refractivity contribution in [3.05, 3.63) is 46.6 Å². The van der Waals surface area contributed by atoms with E-state index in [9.17, 15) is 14.0 Å². The zero-order chi connectivity index (χ0) is 18.4. The molecule has 1 aromatic heterocycles. The molecule has 0 aliphatic carbocycles. The molecule has 134 valence electrons. The van der Waals surface area contributed by atoms with Crippen LogP contribution in [0, 0.1) is 5.82 Å². The lowest BCUT2D eigenvalue weighted by molar-refractivity contribution is -0.143. The molecule has 9 heteroatoms. The van der Waals surface area contributed by atoms with Crippen LogP contribution >= 0.6 is 11.6 Å². The summed E-state index contributed by atoms with van der Waals surface area (Å²) in [6.45, 7) is 1.67. The molecular weight excluding hydrogens is 355 g/mol. The second-order valence-corrected chi connectivity index (χ2v) is 5.42. The van der Waals surface area contributed by atoms with Gasteiger partial charge in [-0.1, -0.05) is 16.8 Å². The van der Waals surface area contributed by atoms with Crippen molar-refractivity contribution in [3.63, 3.8) is 0 Å². The van der Waals surface area contributed by atoms with Crippen LogP contribution in [0.25, 0.3) is 0 Å². The van der Waals surface area contributed by atoms with E-state index in [0.29, 0.717) is 0 Å². The van der Waals surface area contributed by atoms with Crippen molar-refractivity contribution in [2.75, 3.05) is 20.2 Å². The van der Waals surface area contributed by atoms with E-state index in [2.05, 4.69) is 5.16 Å². The van der Waals surface area contributed by atoms with Gasteiger partial charge in [0.15, 0.2) is 11.5 Å². The van der Waals surface area contributed by atoms with E-state index in [1.807, 2.05) is 0 Å². The van der Waals surface area contributed by atoms with Gasteiger partial charge in [0.2, 0.25) is 0 Å². The summed E-state index contributed by atoms with van der Waals surface area (Å²) < 4.78 is 28.2. The first kappa shape index (κ1) is 18.7. The maximum atomic E-state index is 13.0. The second-order valence-electron chi connectivity index (χ2n) is 5.01. The number of rotatable bonds is 7. The minimum absolute atomic E-state index is 0.0237. The molecule has 0 atom stereocenters. The molecule has 0 saturated heterocycles. The largest absolute Gasteiger partial charge is 0.484 e. The first-order valence-corrected chi connectivity index (χ1v) is 7.73. The van der Waals surface area contributed by atoms with Gasteiger partial charge in [-0.25, -0.2) is 4.39 Å². The fourth-order valence-corrected chi connectivity index (χ4v) is 2.11. The summed E-state index contributed by atoms with van der Waals surface area (Å²) >= 11 is 5.85. The van der Waals surface area contributed by atoms with E-state index < -0.39 is 17.7 Å². The first-order valence-electron chi connectivity index (χ1n) is 7.35. The summed E-state index contributed by atoms with van der Waals surface area (Å²) in [7, 11) is 1.45. The molecule has 2 rings (SSSR count). The molecule has 2 aromatic rings. The fourth-order valence-electron chi connectivity index (χ4n) is 1.89. The highest BCUT2D eigenvalue weighted by molar-refractivity contribution is 6.32. The van der Waals surface area contributed by atoms with Gasteiger partial charge < -0.3 is 18.9 Å². The quantitative estimate of drug-likeness (QED) is 0.697. The Kier molecular flexibility index (Phi) is 6.35. The van der Waals surface area contributed by atoms with Crippen LogP contribution < -0.4 is 4.74 Å². The first-order chi connectivity index (χ1) is 11.9. The summed E-state index contributed by atoms with van der Waals surface area (Å²) in [6, 6.07) is 5.10. The van der Waals surface area contributed by atoms with Gasteiger partial charge in [-0.3, -0.25) is 9.59 Å². The van der Waals surface area contributed by atoms with Gasteiger partial charge in [0.25, 0.3) is 5.91 Å². The molecule has 0 N–H and O–H groups in total. The van der Waals surface area contributed by atoms with Crippen LogP contribution in [0.2, 0.25) is 5.02 Å². The highest BCUT2D eigenvalue weighted by Crippen LogP contribution is 2.25. The average Bonchev–Trinajstić information content (AvgIpc) is 3.02. The number of likely N-dealkylation sites (N-methyl/N-ethyl adjacent to an activating group) is 1. The highest BCUT2D eigenvalue weighted by atomic mass is 35.5. The molecule has 25 heavy (non-hydrogen) atoms. The van der Waals surface area contributed by atoms with Crippen molar-refractivity contribution >= 4 is 23.5 Å². The molecular formula is C16H16ClFN2O5. The number of amides is 1. The summed E-state index contributed by atoms with van der Waals surface area (Å²) in [5.41, 5.74) is 0.0237.